The highest BCUT2D eigenvalue weighted by Crippen LogP contribution is 2.35. The Morgan fingerprint density at radius 3 is 2.65 bits per heavy atom. The van der Waals surface area contributed by atoms with Crippen LogP contribution in [-0.4, -0.2) is 21.6 Å². The third-order valence-corrected chi connectivity index (χ3v) is 4.52. The fourth-order valence-electron chi connectivity index (χ4n) is 3.13. The van der Waals surface area contributed by atoms with Crippen LogP contribution < -0.4 is 10.6 Å². The number of fused-ring (bicyclic) bond motifs is 1. The second-order valence-electron chi connectivity index (χ2n) is 6.29. The third kappa shape index (κ3) is 2.86. The number of anilines is 2. The fraction of sp³-hybridized carbons (Fsp3) is 0.150. The number of carbonyl (C=O) groups excluding carboxylic acids is 2. The Bertz CT molecular complexity index is 978. The molecule has 130 valence electrons. The normalized spacial score (nSPS) is 15.4. The Hall–Kier alpha value is -3.41. The first-order valence-electron chi connectivity index (χ1n) is 8.43. The molecule has 1 aliphatic heterocycles. The van der Waals surface area contributed by atoms with Crippen LogP contribution >= 0.6 is 0 Å². The monoisotopic (exact) mass is 346 g/mol. The first-order chi connectivity index (χ1) is 12.6. The number of rotatable bonds is 4. The first-order valence-corrected chi connectivity index (χ1v) is 8.43. The zero-order valence-electron chi connectivity index (χ0n) is 14.3. The number of amides is 2. The van der Waals surface area contributed by atoms with E-state index in [0.29, 0.717) is 5.82 Å². The fourth-order valence-corrected chi connectivity index (χ4v) is 3.13. The molecule has 2 amide bonds. The van der Waals surface area contributed by atoms with E-state index in [1.807, 2.05) is 61.5 Å². The van der Waals surface area contributed by atoms with E-state index in [4.69, 9.17) is 0 Å². The van der Waals surface area contributed by atoms with E-state index in [1.54, 1.807) is 10.9 Å². The minimum absolute atomic E-state index is 0.0308. The van der Waals surface area contributed by atoms with E-state index in [1.165, 1.54) is 0 Å². The largest absolute Gasteiger partial charge is 0.326 e. The van der Waals surface area contributed by atoms with Crippen LogP contribution in [0.1, 0.15) is 18.0 Å². The number of aromatic nitrogens is 2. The van der Waals surface area contributed by atoms with Crippen molar-refractivity contribution in [2.24, 2.45) is 0 Å². The van der Waals surface area contributed by atoms with E-state index in [0.717, 1.165) is 22.4 Å². The van der Waals surface area contributed by atoms with Gasteiger partial charge in [-0.1, -0.05) is 48.5 Å². The number of hydrogen-bond acceptors (Lipinski definition) is 3. The maximum atomic E-state index is 12.4. The molecule has 1 aliphatic rings. The van der Waals surface area contributed by atoms with Crippen LogP contribution in [0.2, 0.25) is 0 Å². The molecule has 0 saturated carbocycles. The van der Waals surface area contributed by atoms with E-state index < -0.39 is 6.04 Å². The summed E-state index contributed by atoms with van der Waals surface area (Å²) >= 11 is 0. The molecule has 26 heavy (non-hydrogen) atoms. The van der Waals surface area contributed by atoms with Gasteiger partial charge >= 0.3 is 0 Å². The van der Waals surface area contributed by atoms with Gasteiger partial charge < -0.3 is 10.6 Å². The summed E-state index contributed by atoms with van der Waals surface area (Å²) < 4.78 is 1.60. The lowest BCUT2D eigenvalue weighted by molar-refractivity contribution is -0.123. The van der Waals surface area contributed by atoms with Crippen molar-refractivity contribution in [1.82, 2.24) is 9.78 Å². The SMILES string of the molecule is Cc1ccccc1NC(=O)CC1C(=O)Nc2c(-c3ccccc3)cnn21. The quantitative estimate of drug-likeness (QED) is 0.760. The van der Waals surface area contributed by atoms with Gasteiger partial charge in [-0.25, -0.2) is 4.68 Å². The summed E-state index contributed by atoms with van der Waals surface area (Å²) in [5, 5.41) is 10.1. The lowest BCUT2D eigenvalue weighted by Gasteiger charge is -2.11. The zero-order chi connectivity index (χ0) is 18.1. The minimum Gasteiger partial charge on any atom is -0.326 e. The lowest BCUT2D eigenvalue weighted by Crippen LogP contribution is -2.23. The molecular weight excluding hydrogens is 328 g/mol. The molecule has 1 unspecified atom stereocenters. The molecule has 4 rings (SSSR count). The number of para-hydroxylation sites is 1. The van der Waals surface area contributed by atoms with E-state index in [-0.39, 0.29) is 18.2 Å². The average molecular weight is 346 g/mol. The molecule has 3 aromatic rings. The van der Waals surface area contributed by atoms with Crippen LogP contribution in [0.25, 0.3) is 11.1 Å². The Labute approximate surface area is 150 Å². The van der Waals surface area contributed by atoms with Crippen LogP contribution in [-0.2, 0) is 9.59 Å². The highest BCUT2D eigenvalue weighted by molar-refractivity contribution is 6.04. The third-order valence-electron chi connectivity index (χ3n) is 4.52. The molecule has 0 saturated heterocycles. The van der Waals surface area contributed by atoms with Crippen molar-refractivity contribution in [3.05, 3.63) is 66.4 Å². The lowest BCUT2D eigenvalue weighted by atomic mass is 10.1. The molecule has 2 aromatic carbocycles. The summed E-state index contributed by atoms with van der Waals surface area (Å²) in [6, 6.07) is 16.6. The second-order valence-corrected chi connectivity index (χ2v) is 6.29. The van der Waals surface area contributed by atoms with Crippen molar-refractivity contribution in [2.75, 3.05) is 10.6 Å². The van der Waals surface area contributed by atoms with Crippen LogP contribution in [0.4, 0.5) is 11.5 Å². The van der Waals surface area contributed by atoms with Gasteiger partial charge in [-0.2, -0.15) is 5.10 Å². The Morgan fingerprint density at radius 1 is 1.15 bits per heavy atom. The van der Waals surface area contributed by atoms with Crippen LogP contribution in [0.5, 0.6) is 0 Å². The van der Waals surface area contributed by atoms with Gasteiger partial charge in [-0.05, 0) is 24.1 Å². The molecule has 0 spiro atoms. The molecule has 2 heterocycles. The van der Waals surface area contributed by atoms with Crippen LogP contribution in [0, 0.1) is 6.92 Å². The molecule has 0 fully saturated rings. The van der Waals surface area contributed by atoms with Crippen molar-refractivity contribution in [3.63, 3.8) is 0 Å². The van der Waals surface area contributed by atoms with Gasteiger partial charge in [-0.3, -0.25) is 9.59 Å². The van der Waals surface area contributed by atoms with E-state index in [9.17, 15) is 9.59 Å². The number of nitrogens with one attached hydrogen (secondary N) is 2. The molecule has 1 atom stereocenters. The Morgan fingerprint density at radius 2 is 1.88 bits per heavy atom. The van der Waals surface area contributed by atoms with E-state index in [2.05, 4.69) is 15.7 Å². The molecule has 0 radical (unpaired) electrons. The summed E-state index contributed by atoms with van der Waals surface area (Å²) in [7, 11) is 0. The Balaban J connectivity index is 1.55. The van der Waals surface area contributed by atoms with Crippen molar-refractivity contribution in [3.8, 4) is 11.1 Å². The summed E-state index contributed by atoms with van der Waals surface area (Å²) in [5.41, 5.74) is 3.55. The summed E-state index contributed by atoms with van der Waals surface area (Å²) in [6.45, 7) is 1.93. The van der Waals surface area contributed by atoms with Crippen LogP contribution in [0.15, 0.2) is 60.8 Å². The van der Waals surface area contributed by atoms with Gasteiger partial charge in [0.25, 0.3) is 5.91 Å². The first kappa shape index (κ1) is 16.1. The van der Waals surface area contributed by atoms with Gasteiger partial charge in [0.15, 0.2) is 0 Å². The Kier molecular flexibility index (Phi) is 4.01. The average Bonchev–Trinajstić information content (AvgIpc) is 3.18. The minimum atomic E-state index is -0.647. The zero-order valence-corrected chi connectivity index (χ0v) is 14.3. The maximum absolute atomic E-state index is 12.4. The van der Waals surface area contributed by atoms with Gasteiger partial charge in [0.2, 0.25) is 5.91 Å². The highest BCUT2D eigenvalue weighted by atomic mass is 16.2. The van der Waals surface area contributed by atoms with E-state index >= 15 is 0 Å². The predicted octanol–water partition coefficient (Wildman–Crippen LogP) is 3.38. The molecular formula is C20H18N4O2. The number of hydrogen-bond donors (Lipinski definition) is 2. The number of aryl methyl sites for hydroxylation is 1. The number of benzene rings is 2. The van der Waals surface area contributed by atoms with Crippen molar-refractivity contribution >= 4 is 23.3 Å². The molecule has 0 aliphatic carbocycles. The van der Waals surface area contributed by atoms with Crippen molar-refractivity contribution in [2.45, 2.75) is 19.4 Å². The highest BCUT2D eigenvalue weighted by Gasteiger charge is 2.35. The topological polar surface area (TPSA) is 76.0 Å². The molecule has 0 bridgehead atoms. The number of carbonyl (C=O) groups is 2. The summed E-state index contributed by atoms with van der Waals surface area (Å²) in [5.74, 6) is 0.198. The van der Waals surface area contributed by atoms with Gasteiger partial charge in [0, 0.05) is 11.3 Å². The molecule has 1 aromatic heterocycles. The standard InChI is InChI=1S/C20H18N4O2/c1-13-7-5-6-10-16(13)22-18(25)11-17-20(26)23-19-15(12-21-24(17)19)14-8-3-2-4-9-14/h2-10,12,17H,11H2,1H3,(H,22,25)(H,23,26). The maximum Gasteiger partial charge on any atom is 0.251 e. The van der Waals surface area contributed by atoms with Crippen molar-refractivity contribution in [1.29, 1.82) is 0 Å². The summed E-state index contributed by atoms with van der Waals surface area (Å²) in [6.07, 6.45) is 1.75. The second kappa shape index (κ2) is 6.48. The van der Waals surface area contributed by atoms with Gasteiger partial charge in [0.1, 0.15) is 11.9 Å². The smallest absolute Gasteiger partial charge is 0.251 e. The van der Waals surface area contributed by atoms with Crippen LogP contribution in [0.3, 0.4) is 0 Å². The van der Waals surface area contributed by atoms with Crippen molar-refractivity contribution < 1.29 is 9.59 Å². The molecule has 6 nitrogen and oxygen atoms in total. The van der Waals surface area contributed by atoms with Gasteiger partial charge in [0.05, 0.1) is 12.6 Å². The molecule has 6 heteroatoms. The molecule has 2 N–H and O–H groups in total. The summed E-state index contributed by atoms with van der Waals surface area (Å²) in [4.78, 5) is 24.8. The predicted molar refractivity (Wildman–Crippen MR) is 99.8 cm³/mol. The van der Waals surface area contributed by atoms with Gasteiger partial charge in [-0.15, -0.1) is 0 Å². The number of nitrogens with zero attached hydrogens (tertiary/aromatic N) is 2.